The van der Waals surface area contributed by atoms with Crippen molar-refractivity contribution >= 4 is 40.8 Å². The number of ether oxygens (including phenoxy) is 1. The van der Waals surface area contributed by atoms with Gasteiger partial charge in [0.25, 0.3) is 0 Å². The Morgan fingerprint density at radius 1 is 1.13 bits per heavy atom. The smallest absolute Gasteiger partial charge is 0.322 e. The van der Waals surface area contributed by atoms with Gasteiger partial charge >= 0.3 is 6.03 Å². The Labute approximate surface area is 191 Å². The molecule has 1 aliphatic rings. The predicted octanol–water partition coefficient (Wildman–Crippen LogP) is 3.46. The van der Waals surface area contributed by atoms with Crippen LogP contribution in [-0.4, -0.2) is 67.7 Å². The molecule has 31 heavy (non-hydrogen) atoms. The number of nitrogens with zero attached hydrogens (tertiary/aromatic N) is 2. The van der Waals surface area contributed by atoms with Crippen molar-refractivity contribution in [3.8, 4) is 0 Å². The second-order valence-electron chi connectivity index (χ2n) is 7.11. The first-order chi connectivity index (χ1) is 15.0. The highest BCUT2D eigenvalue weighted by Gasteiger charge is 2.18. The van der Waals surface area contributed by atoms with Crippen LogP contribution >= 0.6 is 23.2 Å². The molecule has 0 saturated carbocycles. The number of morpholine rings is 1. The number of urea groups is 1. The van der Waals surface area contributed by atoms with Crippen molar-refractivity contribution in [1.29, 1.82) is 0 Å². The van der Waals surface area contributed by atoms with Crippen molar-refractivity contribution in [3.05, 3.63) is 52.4 Å². The van der Waals surface area contributed by atoms with Crippen LogP contribution in [0.15, 0.2) is 41.0 Å². The molecule has 10 heteroatoms. The minimum absolute atomic E-state index is 0.111. The van der Waals surface area contributed by atoms with Gasteiger partial charge in [-0.1, -0.05) is 23.2 Å². The summed E-state index contributed by atoms with van der Waals surface area (Å²) in [5, 5.41) is 6.44. The summed E-state index contributed by atoms with van der Waals surface area (Å²) >= 11 is 12.0. The summed E-state index contributed by atoms with van der Waals surface area (Å²) in [5.74, 6) is 0.511. The molecule has 0 aliphatic carbocycles. The van der Waals surface area contributed by atoms with Crippen LogP contribution in [0.4, 0.5) is 10.5 Å². The fourth-order valence-corrected chi connectivity index (χ4v) is 3.42. The van der Waals surface area contributed by atoms with Crippen LogP contribution in [0.1, 0.15) is 12.2 Å². The Morgan fingerprint density at radius 2 is 1.94 bits per heavy atom. The lowest BCUT2D eigenvalue weighted by Crippen LogP contribution is -2.42. The van der Waals surface area contributed by atoms with E-state index >= 15 is 0 Å². The summed E-state index contributed by atoms with van der Waals surface area (Å²) in [6.07, 6.45) is 1.72. The van der Waals surface area contributed by atoms with E-state index < -0.39 is 0 Å². The molecule has 3 amide bonds. The second kappa shape index (κ2) is 12.0. The van der Waals surface area contributed by atoms with Crippen LogP contribution in [0.25, 0.3) is 0 Å². The Bertz CT molecular complexity index is 857. The van der Waals surface area contributed by atoms with Gasteiger partial charge in [0.1, 0.15) is 5.76 Å². The van der Waals surface area contributed by atoms with Gasteiger partial charge < -0.3 is 24.7 Å². The minimum atomic E-state index is -0.365. The van der Waals surface area contributed by atoms with Crippen molar-refractivity contribution in [2.24, 2.45) is 0 Å². The molecule has 2 heterocycles. The monoisotopic (exact) mass is 468 g/mol. The number of furan rings is 1. The Hall–Kier alpha value is -2.26. The largest absolute Gasteiger partial charge is 0.467 e. The van der Waals surface area contributed by atoms with E-state index in [1.54, 1.807) is 36.6 Å². The molecule has 8 nitrogen and oxygen atoms in total. The first-order valence-electron chi connectivity index (χ1n) is 10.1. The lowest BCUT2D eigenvalue weighted by molar-refractivity contribution is -0.121. The Balaban J connectivity index is 1.50. The van der Waals surface area contributed by atoms with Gasteiger partial charge in [0.2, 0.25) is 5.91 Å². The number of rotatable bonds is 9. The number of carbonyl (C=O) groups is 2. The molecule has 0 atom stereocenters. The lowest BCUT2D eigenvalue weighted by Gasteiger charge is -2.26. The molecule has 2 aromatic rings. The summed E-state index contributed by atoms with van der Waals surface area (Å²) in [4.78, 5) is 28.9. The van der Waals surface area contributed by atoms with Gasteiger partial charge in [0, 0.05) is 44.8 Å². The molecule has 1 aliphatic heterocycles. The van der Waals surface area contributed by atoms with E-state index in [9.17, 15) is 9.59 Å². The third kappa shape index (κ3) is 7.74. The van der Waals surface area contributed by atoms with E-state index in [4.69, 9.17) is 32.4 Å². The van der Waals surface area contributed by atoms with E-state index in [-0.39, 0.29) is 31.4 Å². The van der Waals surface area contributed by atoms with Crippen LogP contribution in [0.2, 0.25) is 10.0 Å². The first-order valence-corrected chi connectivity index (χ1v) is 10.9. The van der Waals surface area contributed by atoms with Gasteiger partial charge in [0.05, 0.1) is 36.1 Å². The summed E-state index contributed by atoms with van der Waals surface area (Å²) in [6, 6.07) is 8.01. The minimum Gasteiger partial charge on any atom is -0.467 e. The standard InChI is InChI=1S/C21H26Cl2N4O4/c22-18-4-3-16(14-19(18)23)25-21(29)27(15-17-2-1-11-31-17)7-5-20(28)24-6-8-26-9-12-30-13-10-26/h1-4,11,14H,5-10,12-13,15H2,(H,24,28)(H,25,29). The molecule has 0 unspecified atom stereocenters. The maximum Gasteiger partial charge on any atom is 0.322 e. The molecule has 0 spiro atoms. The summed E-state index contributed by atoms with van der Waals surface area (Å²) in [5.41, 5.74) is 0.513. The molecule has 168 valence electrons. The highest BCUT2D eigenvalue weighted by molar-refractivity contribution is 6.42. The number of hydrogen-bond acceptors (Lipinski definition) is 5. The molecule has 0 bridgehead atoms. The lowest BCUT2D eigenvalue weighted by atomic mass is 10.3. The number of halogens is 2. The van der Waals surface area contributed by atoms with Crippen LogP contribution in [-0.2, 0) is 16.1 Å². The van der Waals surface area contributed by atoms with Crippen molar-refractivity contribution in [2.75, 3.05) is 51.3 Å². The zero-order valence-electron chi connectivity index (χ0n) is 17.1. The van der Waals surface area contributed by atoms with Crippen molar-refractivity contribution in [2.45, 2.75) is 13.0 Å². The SMILES string of the molecule is O=C(CCN(Cc1ccco1)C(=O)Nc1ccc(Cl)c(Cl)c1)NCCN1CCOCC1. The quantitative estimate of drug-likeness (QED) is 0.588. The van der Waals surface area contributed by atoms with Crippen molar-refractivity contribution in [1.82, 2.24) is 15.1 Å². The maximum absolute atomic E-state index is 12.8. The number of carbonyl (C=O) groups excluding carboxylic acids is 2. The average molecular weight is 469 g/mol. The fourth-order valence-electron chi connectivity index (χ4n) is 3.12. The first kappa shape index (κ1) is 23.4. The number of nitrogens with one attached hydrogen (secondary N) is 2. The highest BCUT2D eigenvalue weighted by Crippen LogP contribution is 2.25. The summed E-state index contributed by atoms with van der Waals surface area (Å²) in [6.45, 7) is 5.02. The fraction of sp³-hybridized carbons (Fsp3) is 0.429. The van der Waals surface area contributed by atoms with E-state index in [0.29, 0.717) is 28.0 Å². The van der Waals surface area contributed by atoms with Crippen LogP contribution in [0, 0.1) is 0 Å². The van der Waals surface area contributed by atoms with Gasteiger partial charge in [-0.2, -0.15) is 0 Å². The predicted molar refractivity (Wildman–Crippen MR) is 119 cm³/mol. The number of amides is 3. The van der Waals surface area contributed by atoms with Crippen molar-refractivity contribution < 1.29 is 18.7 Å². The Morgan fingerprint density at radius 3 is 2.65 bits per heavy atom. The van der Waals surface area contributed by atoms with Crippen LogP contribution in [0.5, 0.6) is 0 Å². The van der Waals surface area contributed by atoms with Gasteiger partial charge in [-0.15, -0.1) is 0 Å². The van der Waals surface area contributed by atoms with E-state index in [2.05, 4.69) is 15.5 Å². The second-order valence-corrected chi connectivity index (χ2v) is 7.93. The van der Waals surface area contributed by atoms with Gasteiger partial charge in [-0.25, -0.2) is 4.79 Å². The molecule has 0 radical (unpaired) electrons. The van der Waals surface area contributed by atoms with Gasteiger partial charge in [-0.05, 0) is 30.3 Å². The molecular weight excluding hydrogens is 443 g/mol. The maximum atomic E-state index is 12.8. The third-order valence-electron chi connectivity index (χ3n) is 4.85. The van der Waals surface area contributed by atoms with Crippen molar-refractivity contribution in [3.63, 3.8) is 0 Å². The third-order valence-corrected chi connectivity index (χ3v) is 5.59. The zero-order chi connectivity index (χ0) is 22.1. The molecule has 2 N–H and O–H groups in total. The van der Waals surface area contributed by atoms with E-state index in [1.165, 1.54) is 4.90 Å². The number of benzene rings is 1. The zero-order valence-corrected chi connectivity index (χ0v) is 18.6. The topological polar surface area (TPSA) is 87.0 Å². The molecule has 1 saturated heterocycles. The highest BCUT2D eigenvalue weighted by atomic mass is 35.5. The number of hydrogen-bond donors (Lipinski definition) is 2. The molecular formula is C21H26Cl2N4O4. The average Bonchev–Trinajstić information content (AvgIpc) is 3.27. The normalized spacial score (nSPS) is 14.3. The molecule has 1 aromatic heterocycles. The summed E-state index contributed by atoms with van der Waals surface area (Å²) < 4.78 is 10.7. The molecule has 1 fully saturated rings. The number of anilines is 1. The molecule has 3 rings (SSSR count). The Kier molecular flexibility index (Phi) is 9.02. The van der Waals surface area contributed by atoms with E-state index in [0.717, 1.165) is 32.8 Å². The molecule has 1 aromatic carbocycles. The van der Waals surface area contributed by atoms with Gasteiger partial charge in [-0.3, -0.25) is 9.69 Å². The van der Waals surface area contributed by atoms with Crippen LogP contribution < -0.4 is 10.6 Å². The summed E-state index contributed by atoms with van der Waals surface area (Å²) in [7, 11) is 0. The van der Waals surface area contributed by atoms with Crippen LogP contribution in [0.3, 0.4) is 0 Å². The van der Waals surface area contributed by atoms with E-state index in [1.807, 2.05) is 0 Å². The van der Waals surface area contributed by atoms with Gasteiger partial charge in [0.15, 0.2) is 0 Å².